The SMILES string of the molecule is Cc1cc(C)n2c(C3=CC(c4cc(Cl)cc(Cl)c4)(C(F)(F)F)ON3)ccc(C(=O)O)c12. The van der Waals surface area contributed by atoms with E-state index in [2.05, 4.69) is 5.48 Å². The largest absolute Gasteiger partial charge is 0.478 e. The van der Waals surface area contributed by atoms with Gasteiger partial charge in [0.25, 0.3) is 0 Å². The van der Waals surface area contributed by atoms with Gasteiger partial charge in [0.2, 0.25) is 5.60 Å². The summed E-state index contributed by atoms with van der Waals surface area (Å²) in [6.07, 6.45) is -3.95. The first-order valence-corrected chi connectivity index (χ1v) is 9.76. The predicted octanol–water partition coefficient (Wildman–Crippen LogP) is 5.89. The Morgan fingerprint density at radius 3 is 2.35 bits per heavy atom. The number of rotatable bonds is 3. The molecule has 0 spiro atoms. The van der Waals surface area contributed by atoms with Crippen LogP contribution >= 0.6 is 23.2 Å². The van der Waals surface area contributed by atoms with Crippen molar-refractivity contribution in [3.05, 3.63) is 80.6 Å². The molecule has 31 heavy (non-hydrogen) atoms. The van der Waals surface area contributed by atoms with E-state index in [-0.39, 0.29) is 26.9 Å². The molecule has 2 N–H and O–H groups in total. The average Bonchev–Trinajstić information content (AvgIpc) is 3.23. The van der Waals surface area contributed by atoms with E-state index in [1.165, 1.54) is 18.2 Å². The number of carboxylic acid groups (broad SMARTS) is 1. The number of fused-ring (bicyclic) bond motifs is 1. The summed E-state index contributed by atoms with van der Waals surface area (Å²) in [5, 5.41) is 9.58. The summed E-state index contributed by atoms with van der Waals surface area (Å²) in [6.45, 7) is 3.47. The highest BCUT2D eigenvalue weighted by molar-refractivity contribution is 6.34. The Labute approximate surface area is 184 Å². The summed E-state index contributed by atoms with van der Waals surface area (Å²) in [5.74, 6) is -1.14. The van der Waals surface area contributed by atoms with Crippen molar-refractivity contribution in [2.45, 2.75) is 25.6 Å². The molecule has 0 aliphatic carbocycles. The topological polar surface area (TPSA) is 63.0 Å². The van der Waals surface area contributed by atoms with Crippen LogP contribution in [0.3, 0.4) is 0 Å². The van der Waals surface area contributed by atoms with Gasteiger partial charge in [0.05, 0.1) is 22.5 Å². The van der Waals surface area contributed by atoms with Crippen molar-refractivity contribution in [3.63, 3.8) is 0 Å². The molecule has 1 aliphatic heterocycles. The first-order valence-electron chi connectivity index (χ1n) is 9.00. The Kier molecular flexibility index (Phi) is 4.99. The van der Waals surface area contributed by atoms with E-state index >= 15 is 0 Å². The van der Waals surface area contributed by atoms with E-state index in [0.29, 0.717) is 22.5 Å². The van der Waals surface area contributed by atoms with Crippen LogP contribution in [0.25, 0.3) is 11.2 Å². The fraction of sp³-hybridized carbons (Fsp3) is 0.190. The number of halogens is 5. The van der Waals surface area contributed by atoms with Crippen LogP contribution in [0.2, 0.25) is 10.0 Å². The molecule has 1 aliphatic rings. The highest BCUT2D eigenvalue weighted by Gasteiger charge is 2.60. The Morgan fingerprint density at radius 1 is 1.13 bits per heavy atom. The van der Waals surface area contributed by atoms with E-state index in [0.717, 1.165) is 18.2 Å². The van der Waals surface area contributed by atoms with Crippen LogP contribution in [0.1, 0.15) is 32.9 Å². The van der Waals surface area contributed by atoms with E-state index in [1.807, 2.05) is 0 Å². The minimum atomic E-state index is -4.85. The second-order valence-corrected chi connectivity index (χ2v) is 8.12. The molecule has 162 valence electrons. The van der Waals surface area contributed by atoms with Crippen LogP contribution < -0.4 is 5.48 Å². The van der Waals surface area contributed by atoms with E-state index in [4.69, 9.17) is 28.0 Å². The molecular formula is C21H15Cl2F3N2O3. The van der Waals surface area contributed by atoms with Gasteiger partial charge in [0.15, 0.2) is 0 Å². The number of hydrogen-bond donors (Lipinski definition) is 2. The van der Waals surface area contributed by atoms with Crippen molar-refractivity contribution in [2.24, 2.45) is 0 Å². The van der Waals surface area contributed by atoms with Gasteiger partial charge in [-0.15, -0.1) is 0 Å². The van der Waals surface area contributed by atoms with Gasteiger partial charge < -0.3 is 9.51 Å². The van der Waals surface area contributed by atoms with Gasteiger partial charge in [-0.2, -0.15) is 13.2 Å². The quantitative estimate of drug-likeness (QED) is 0.500. The third kappa shape index (κ3) is 3.35. The molecule has 3 heterocycles. The van der Waals surface area contributed by atoms with Gasteiger partial charge in [0, 0.05) is 21.3 Å². The molecule has 0 amide bonds. The summed E-state index contributed by atoms with van der Waals surface area (Å²) < 4.78 is 44.3. The van der Waals surface area contributed by atoms with E-state index in [9.17, 15) is 23.1 Å². The lowest BCUT2D eigenvalue weighted by molar-refractivity contribution is -0.269. The number of nitrogens with zero attached hydrogens (tertiary/aromatic N) is 1. The van der Waals surface area contributed by atoms with Crippen LogP contribution in [-0.4, -0.2) is 21.7 Å². The number of pyridine rings is 1. The maximum absolute atomic E-state index is 14.2. The smallest absolute Gasteiger partial charge is 0.428 e. The molecule has 1 atom stereocenters. The molecule has 1 aromatic carbocycles. The number of nitrogens with one attached hydrogen (secondary N) is 1. The number of carbonyl (C=O) groups is 1. The maximum atomic E-state index is 14.2. The van der Waals surface area contributed by atoms with Crippen molar-refractivity contribution < 1.29 is 27.9 Å². The third-order valence-corrected chi connectivity index (χ3v) is 5.60. The number of aromatic nitrogens is 1. The zero-order valence-electron chi connectivity index (χ0n) is 16.1. The summed E-state index contributed by atoms with van der Waals surface area (Å²) in [6, 6.07) is 8.14. The van der Waals surface area contributed by atoms with Crippen LogP contribution in [-0.2, 0) is 10.4 Å². The van der Waals surface area contributed by atoms with Gasteiger partial charge in [-0.1, -0.05) is 23.2 Å². The number of alkyl halides is 3. The van der Waals surface area contributed by atoms with Crippen molar-refractivity contribution in [2.75, 3.05) is 0 Å². The molecule has 2 aromatic heterocycles. The van der Waals surface area contributed by atoms with Gasteiger partial charge in [-0.05, 0) is 61.9 Å². The molecular weight excluding hydrogens is 456 g/mol. The van der Waals surface area contributed by atoms with Gasteiger partial charge >= 0.3 is 12.1 Å². The number of benzene rings is 1. The lowest BCUT2D eigenvalue weighted by Gasteiger charge is -2.28. The number of carboxylic acids is 1. The Morgan fingerprint density at radius 2 is 1.77 bits per heavy atom. The summed E-state index contributed by atoms with van der Waals surface area (Å²) >= 11 is 11.9. The van der Waals surface area contributed by atoms with E-state index < -0.39 is 17.7 Å². The van der Waals surface area contributed by atoms with Crippen molar-refractivity contribution in [1.29, 1.82) is 0 Å². The maximum Gasteiger partial charge on any atom is 0.428 e. The van der Waals surface area contributed by atoms with Crippen LogP contribution in [0.5, 0.6) is 0 Å². The fourth-order valence-corrected chi connectivity index (χ4v) is 4.40. The summed E-state index contributed by atoms with van der Waals surface area (Å²) in [5.41, 5.74) is 1.33. The Bertz CT molecular complexity index is 1250. The lowest BCUT2D eigenvalue weighted by Crippen LogP contribution is -2.42. The highest BCUT2D eigenvalue weighted by Crippen LogP contribution is 2.48. The monoisotopic (exact) mass is 470 g/mol. The summed E-state index contributed by atoms with van der Waals surface area (Å²) in [7, 11) is 0. The van der Waals surface area contributed by atoms with Crippen molar-refractivity contribution >= 4 is 40.4 Å². The van der Waals surface area contributed by atoms with Crippen molar-refractivity contribution in [3.8, 4) is 0 Å². The molecule has 4 rings (SSSR count). The Hall–Kier alpha value is -2.68. The molecule has 0 fully saturated rings. The number of hydrogen-bond acceptors (Lipinski definition) is 3. The molecule has 3 aromatic rings. The molecule has 0 saturated carbocycles. The summed E-state index contributed by atoms with van der Waals surface area (Å²) in [4.78, 5) is 16.8. The average molecular weight is 471 g/mol. The zero-order chi connectivity index (χ0) is 22.7. The zero-order valence-corrected chi connectivity index (χ0v) is 17.7. The molecule has 5 nitrogen and oxygen atoms in total. The lowest BCUT2D eigenvalue weighted by atomic mass is 9.92. The second kappa shape index (κ2) is 7.19. The molecule has 10 heteroatoms. The van der Waals surface area contributed by atoms with Crippen molar-refractivity contribution in [1.82, 2.24) is 9.88 Å². The molecule has 0 saturated heterocycles. The molecule has 0 bridgehead atoms. The molecule has 0 radical (unpaired) electrons. The van der Waals surface area contributed by atoms with Gasteiger partial charge in [-0.25, -0.2) is 4.79 Å². The first kappa shape index (κ1) is 21.5. The minimum Gasteiger partial charge on any atom is -0.478 e. The minimum absolute atomic E-state index is 0.0223. The molecule has 1 unspecified atom stereocenters. The number of aromatic carboxylic acids is 1. The normalized spacial score (nSPS) is 18.9. The van der Waals surface area contributed by atoms with Gasteiger partial charge in [-0.3, -0.25) is 10.3 Å². The predicted molar refractivity (Wildman–Crippen MR) is 110 cm³/mol. The fourth-order valence-electron chi connectivity index (χ4n) is 3.88. The van der Waals surface area contributed by atoms with E-state index in [1.54, 1.807) is 24.3 Å². The van der Waals surface area contributed by atoms with Crippen LogP contribution in [0, 0.1) is 13.8 Å². The number of hydroxylamine groups is 1. The van der Waals surface area contributed by atoms with Gasteiger partial charge in [0.1, 0.15) is 0 Å². The Balaban J connectivity index is 1.97. The standard InChI is InChI=1S/C21H15Cl2F3N2O3/c1-10-5-11(2)28-17(4-3-15(18(10)28)19(29)30)16-9-20(31-27-16,21(24,25)26)12-6-13(22)8-14(23)7-12/h3-9,27H,1-2H3,(H,29,30). The number of aryl methyl sites for hydroxylation is 2. The van der Waals surface area contributed by atoms with Crippen LogP contribution in [0.4, 0.5) is 13.2 Å². The second-order valence-electron chi connectivity index (χ2n) is 7.24. The highest BCUT2D eigenvalue weighted by atomic mass is 35.5. The first-order chi connectivity index (χ1) is 14.4. The van der Waals surface area contributed by atoms with Crippen LogP contribution in [0.15, 0.2) is 42.5 Å². The third-order valence-electron chi connectivity index (χ3n) is 5.17.